The maximum Gasteiger partial charge on any atom is 0.270 e. The fourth-order valence-corrected chi connectivity index (χ4v) is 8.54. The summed E-state index contributed by atoms with van der Waals surface area (Å²) >= 11 is 6.61. The molecule has 0 saturated carbocycles. The van der Waals surface area contributed by atoms with Gasteiger partial charge in [-0.3, -0.25) is 24.0 Å². The van der Waals surface area contributed by atoms with Gasteiger partial charge in [-0.15, -0.1) is 0 Å². The van der Waals surface area contributed by atoms with Gasteiger partial charge in [0.05, 0.1) is 22.5 Å². The number of nitriles is 1. The zero-order valence-corrected chi connectivity index (χ0v) is 24.2. The molecule has 3 saturated heterocycles. The maximum atomic E-state index is 13.4. The summed E-state index contributed by atoms with van der Waals surface area (Å²) in [7, 11) is -1.54. The highest BCUT2D eigenvalue weighted by Gasteiger charge is 2.42. The van der Waals surface area contributed by atoms with Gasteiger partial charge in [0.1, 0.15) is 21.8 Å². The SMILES string of the molecule is Cc1c(/C=C2\SC(=S)N(C3CCS(=O)(=O)C3)C2=O)c(N2CCN(Cc3ccccc3)CC2)n(C)c(=O)c1C#N. The average molecular weight is 584 g/mol. The first-order valence-corrected chi connectivity index (χ1v) is 15.8. The third kappa shape index (κ3) is 5.41. The summed E-state index contributed by atoms with van der Waals surface area (Å²) in [5.41, 5.74) is 2.04. The number of hydrogen-bond acceptors (Lipinski definition) is 9. The molecule has 3 aliphatic rings. The molecule has 3 fully saturated rings. The number of thioether (sulfide) groups is 1. The molecule has 1 amide bonds. The van der Waals surface area contributed by atoms with Crippen molar-refractivity contribution in [3.8, 4) is 6.07 Å². The summed E-state index contributed by atoms with van der Waals surface area (Å²) in [6, 6.07) is 11.8. The second kappa shape index (κ2) is 10.9. The molecule has 204 valence electrons. The van der Waals surface area contributed by atoms with Crippen molar-refractivity contribution in [3.63, 3.8) is 0 Å². The normalized spacial score (nSPS) is 22.6. The maximum absolute atomic E-state index is 13.4. The van der Waals surface area contributed by atoms with E-state index >= 15 is 0 Å². The second-order valence-corrected chi connectivity index (χ2v) is 14.0. The molecule has 1 aromatic carbocycles. The lowest BCUT2D eigenvalue weighted by atomic mass is 10.0. The first-order valence-electron chi connectivity index (χ1n) is 12.7. The topological polar surface area (TPSA) is 107 Å². The Labute approximate surface area is 237 Å². The van der Waals surface area contributed by atoms with Crippen molar-refractivity contribution < 1.29 is 13.2 Å². The molecule has 5 rings (SSSR count). The van der Waals surface area contributed by atoms with Crippen LogP contribution < -0.4 is 10.5 Å². The van der Waals surface area contributed by atoms with Gasteiger partial charge in [0, 0.05) is 45.3 Å². The summed E-state index contributed by atoms with van der Waals surface area (Å²) < 4.78 is 25.9. The minimum absolute atomic E-state index is 0.0348. The molecule has 12 heteroatoms. The van der Waals surface area contributed by atoms with Crippen LogP contribution in [0.1, 0.15) is 28.7 Å². The van der Waals surface area contributed by atoms with E-state index in [-0.39, 0.29) is 28.5 Å². The van der Waals surface area contributed by atoms with Crippen LogP contribution in [0, 0.1) is 18.3 Å². The number of sulfone groups is 1. The van der Waals surface area contributed by atoms with Gasteiger partial charge in [-0.05, 0) is 30.5 Å². The van der Waals surface area contributed by atoms with Crippen molar-refractivity contribution in [1.29, 1.82) is 5.26 Å². The highest BCUT2D eigenvalue weighted by atomic mass is 32.2. The van der Waals surface area contributed by atoms with Crippen molar-refractivity contribution in [2.24, 2.45) is 7.05 Å². The predicted octanol–water partition coefficient (Wildman–Crippen LogP) is 2.28. The molecule has 0 radical (unpaired) electrons. The van der Waals surface area contributed by atoms with Crippen LogP contribution in [-0.2, 0) is 28.2 Å². The van der Waals surface area contributed by atoms with Crippen LogP contribution in [0.4, 0.5) is 5.82 Å². The zero-order valence-electron chi connectivity index (χ0n) is 21.8. The number of carbonyl (C=O) groups is 1. The number of aromatic nitrogens is 1. The first kappa shape index (κ1) is 27.6. The second-order valence-electron chi connectivity index (χ2n) is 10.1. The van der Waals surface area contributed by atoms with Crippen molar-refractivity contribution in [1.82, 2.24) is 14.4 Å². The summed E-state index contributed by atoms with van der Waals surface area (Å²) in [5.74, 6) is 0.268. The molecule has 0 spiro atoms. The number of anilines is 1. The Balaban J connectivity index is 1.47. The van der Waals surface area contributed by atoms with Crippen molar-refractivity contribution in [3.05, 3.63) is 67.8 Å². The van der Waals surface area contributed by atoms with Crippen LogP contribution in [0.25, 0.3) is 6.08 Å². The zero-order chi connectivity index (χ0) is 27.9. The number of amides is 1. The smallest absolute Gasteiger partial charge is 0.270 e. The number of hydrogen-bond donors (Lipinski definition) is 0. The summed E-state index contributed by atoms with van der Waals surface area (Å²) in [6.45, 7) is 5.50. The lowest BCUT2D eigenvalue weighted by Crippen LogP contribution is -2.48. The van der Waals surface area contributed by atoms with Crippen LogP contribution in [0.5, 0.6) is 0 Å². The molecule has 1 aromatic heterocycles. The monoisotopic (exact) mass is 583 g/mol. The molecule has 0 bridgehead atoms. The minimum Gasteiger partial charge on any atom is -0.355 e. The van der Waals surface area contributed by atoms with E-state index in [0.717, 1.165) is 31.4 Å². The largest absolute Gasteiger partial charge is 0.355 e. The molecule has 0 aliphatic carbocycles. The molecule has 4 heterocycles. The highest BCUT2D eigenvalue weighted by Crippen LogP contribution is 2.38. The molecule has 1 unspecified atom stereocenters. The predicted molar refractivity (Wildman–Crippen MR) is 157 cm³/mol. The van der Waals surface area contributed by atoms with E-state index in [0.29, 0.717) is 45.7 Å². The number of pyridine rings is 1. The highest BCUT2D eigenvalue weighted by molar-refractivity contribution is 8.26. The Morgan fingerprint density at radius 1 is 1.15 bits per heavy atom. The van der Waals surface area contributed by atoms with E-state index in [1.165, 1.54) is 15.0 Å². The number of piperazine rings is 1. The fourth-order valence-electron chi connectivity index (χ4n) is 5.46. The molecule has 2 aromatic rings. The Morgan fingerprint density at radius 3 is 2.46 bits per heavy atom. The molecule has 39 heavy (non-hydrogen) atoms. The lowest BCUT2D eigenvalue weighted by Gasteiger charge is -2.37. The number of thiocarbonyl (C=S) groups is 1. The van der Waals surface area contributed by atoms with E-state index in [2.05, 4.69) is 21.9 Å². The molecule has 0 N–H and O–H groups in total. The quantitative estimate of drug-likeness (QED) is 0.387. The van der Waals surface area contributed by atoms with Gasteiger partial charge in [0.2, 0.25) is 0 Å². The third-order valence-corrected chi connectivity index (χ3v) is 10.6. The van der Waals surface area contributed by atoms with Gasteiger partial charge < -0.3 is 4.90 Å². The number of carbonyl (C=O) groups excluding carboxylic acids is 1. The first-order chi connectivity index (χ1) is 18.6. The van der Waals surface area contributed by atoms with E-state index < -0.39 is 15.9 Å². The van der Waals surface area contributed by atoms with Crippen LogP contribution in [-0.4, -0.2) is 76.7 Å². The Bertz CT molecular complexity index is 1570. The summed E-state index contributed by atoms with van der Waals surface area (Å²) in [6.07, 6.45) is 2.07. The number of nitrogens with zero attached hydrogens (tertiary/aromatic N) is 5. The van der Waals surface area contributed by atoms with E-state index in [9.17, 15) is 23.3 Å². The van der Waals surface area contributed by atoms with E-state index in [1.54, 1.807) is 20.0 Å². The number of rotatable bonds is 5. The van der Waals surface area contributed by atoms with Gasteiger partial charge in [-0.2, -0.15) is 5.26 Å². The molecule has 1 atom stereocenters. The van der Waals surface area contributed by atoms with Gasteiger partial charge in [-0.25, -0.2) is 8.42 Å². The van der Waals surface area contributed by atoms with Crippen LogP contribution in [0.3, 0.4) is 0 Å². The number of benzene rings is 1. The van der Waals surface area contributed by atoms with Gasteiger partial charge in [0.15, 0.2) is 9.84 Å². The summed E-state index contributed by atoms with van der Waals surface area (Å²) in [4.78, 5) is 32.8. The van der Waals surface area contributed by atoms with Crippen LogP contribution in [0.15, 0.2) is 40.0 Å². The van der Waals surface area contributed by atoms with Gasteiger partial charge >= 0.3 is 0 Å². The van der Waals surface area contributed by atoms with Crippen LogP contribution >= 0.6 is 24.0 Å². The third-order valence-electron chi connectivity index (χ3n) is 7.56. The van der Waals surface area contributed by atoms with Gasteiger partial charge in [0.25, 0.3) is 11.5 Å². The molecular formula is C27H29N5O4S3. The lowest BCUT2D eigenvalue weighted by molar-refractivity contribution is -0.123. The Kier molecular flexibility index (Phi) is 7.70. The standard InChI is InChI=1S/C27H29N5O4S3/c1-18-21(14-23-26(34)32(27(37)38-23)20-8-13-39(35,36)17-20)24(29(2)25(33)22(18)15-28)31-11-9-30(10-12-31)16-19-6-4-3-5-7-19/h3-7,14,20H,8-13,16-17H2,1-2H3/b23-14-. The van der Waals surface area contributed by atoms with Gasteiger partial charge in [-0.1, -0.05) is 54.3 Å². The Hall–Kier alpha value is -2.98. The van der Waals surface area contributed by atoms with Crippen molar-refractivity contribution in [2.75, 3.05) is 42.6 Å². The van der Waals surface area contributed by atoms with E-state index in [4.69, 9.17) is 12.2 Å². The molecular weight excluding hydrogens is 555 g/mol. The van der Waals surface area contributed by atoms with Crippen LogP contribution in [0.2, 0.25) is 0 Å². The van der Waals surface area contributed by atoms with Crippen molar-refractivity contribution in [2.45, 2.75) is 25.9 Å². The molecule has 9 nitrogen and oxygen atoms in total. The van der Waals surface area contributed by atoms with E-state index in [1.807, 2.05) is 24.3 Å². The molecule has 3 aliphatic heterocycles. The summed E-state index contributed by atoms with van der Waals surface area (Å²) in [5, 5.41) is 9.75. The Morgan fingerprint density at radius 2 is 1.85 bits per heavy atom. The average Bonchev–Trinajstić information content (AvgIpc) is 3.40. The minimum atomic E-state index is -3.20. The fraction of sp³-hybridized carbons (Fsp3) is 0.407. The van der Waals surface area contributed by atoms with Crippen molar-refractivity contribution >= 4 is 55.9 Å².